The minimum Gasteiger partial charge on any atom is -0.508 e. The van der Waals surface area contributed by atoms with Gasteiger partial charge in [-0.15, -0.1) is 13.2 Å². The summed E-state index contributed by atoms with van der Waals surface area (Å²) in [5.74, 6) is -1.83. The lowest BCUT2D eigenvalue weighted by Crippen LogP contribution is -2.28. The number of hydrogen-bond donors (Lipinski definition) is 2. The Morgan fingerprint density at radius 2 is 1.68 bits per heavy atom. The Hall–Kier alpha value is -1.16. The number of ether oxygens (including phenoxy) is 1. The third-order valence-corrected chi connectivity index (χ3v) is 2.61. The Labute approximate surface area is 111 Å². The van der Waals surface area contributed by atoms with Gasteiger partial charge in [0.25, 0.3) is 0 Å². The van der Waals surface area contributed by atoms with E-state index < -0.39 is 35.6 Å². The summed E-state index contributed by atoms with van der Waals surface area (Å²) >= 11 is 2.63. The van der Waals surface area contributed by atoms with Crippen molar-refractivity contribution in [1.82, 2.24) is 0 Å². The monoisotopic (exact) mass is 353 g/mol. The predicted octanol–water partition coefficient (Wildman–Crippen LogP) is 3.62. The second-order valence-corrected chi connectivity index (χ2v) is 4.26. The third-order valence-electron chi connectivity index (χ3n) is 1.99. The Kier molecular flexibility index (Phi) is 4.25. The van der Waals surface area contributed by atoms with E-state index in [1.54, 1.807) is 0 Å². The fraction of sp³-hybridized carbons (Fsp3) is 0.333. The van der Waals surface area contributed by atoms with Crippen LogP contribution in [0.1, 0.15) is 11.6 Å². The van der Waals surface area contributed by atoms with Crippen molar-refractivity contribution in [2.75, 3.05) is 0 Å². The molecule has 10 heteroatoms. The molecular weight excluding hydrogens is 348 g/mol. The first-order chi connectivity index (χ1) is 8.42. The van der Waals surface area contributed by atoms with E-state index in [1.807, 2.05) is 0 Å². The summed E-state index contributed by atoms with van der Waals surface area (Å²) in [6.45, 7) is 0. The number of phenolic OH excluding ortho intramolecular Hbond substituents is 1. The number of benzene rings is 1. The third kappa shape index (κ3) is 4.16. The smallest absolute Gasteiger partial charge is 0.508 e. The summed E-state index contributed by atoms with van der Waals surface area (Å²) in [6, 6.07) is -1.61. The van der Waals surface area contributed by atoms with Crippen molar-refractivity contribution in [3.05, 3.63) is 22.2 Å². The summed E-state index contributed by atoms with van der Waals surface area (Å²) in [5, 5.41) is 9.30. The number of phenols is 1. The molecule has 0 saturated heterocycles. The molecule has 0 spiro atoms. The van der Waals surface area contributed by atoms with Crippen molar-refractivity contribution < 1.29 is 36.2 Å². The minimum absolute atomic E-state index is 0.361. The maximum absolute atomic E-state index is 12.4. The first-order valence-electron chi connectivity index (χ1n) is 4.52. The van der Waals surface area contributed by atoms with Crippen molar-refractivity contribution in [1.29, 1.82) is 0 Å². The molecule has 3 nitrogen and oxygen atoms in total. The van der Waals surface area contributed by atoms with Crippen LogP contribution in [0.4, 0.5) is 26.3 Å². The molecule has 3 N–H and O–H groups in total. The zero-order valence-corrected chi connectivity index (χ0v) is 10.4. The van der Waals surface area contributed by atoms with Crippen LogP contribution in [0.2, 0.25) is 0 Å². The number of rotatable bonds is 2. The molecule has 0 aromatic heterocycles. The van der Waals surface area contributed by atoms with Gasteiger partial charge in [0.05, 0.1) is 4.47 Å². The molecule has 0 bridgehead atoms. The lowest BCUT2D eigenvalue weighted by Gasteiger charge is -2.19. The zero-order valence-electron chi connectivity index (χ0n) is 8.81. The fourth-order valence-electron chi connectivity index (χ4n) is 1.19. The van der Waals surface area contributed by atoms with Crippen LogP contribution in [0.5, 0.6) is 11.5 Å². The molecule has 0 heterocycles. The van der Waals surface area contributed by atoms with Gasteiger partial charge in [-0.3, -0.25) is 0 Å². The molecule has 1 rings (SSSR count). The highest BCUT2D eigenvalue weighted by molar-refractivity contribution is 9.10. The van der Waals surface area contributed by atoms with E-state index >= 15 is 0 Å². The van der Waals surface area contributed by atoms with E-state index in [0.29, 0.717) is 12.1 Å². The highest BCUT2D eigenvalue weighted by atomic mass is 79.9. The van der Waals surface area contributed by atoms with Crippen LogP contribution in [0, 0.1) is 0 Å². The summed E-state index contributed by atoms with van der Waals surface area (Å²) in [4.78, 5) is 0. The standard InChI is InChI=1S/C9H6BrF6NO2/c10-4-2-5(18)3(7(17)8(11,12)13)1-6(4)19-9(14,15)16/h1-2,7,18H,17H2/t7-/m0/s1. The average Bonchev–Trinajstić information content (AvgIpc) is 2.18. The van der Waals surface area contributed by atoms with Crippen LogP contribution in [-0.4, -0.2) is 17.6 Å². The number of aromatic hydroxyl groups is 1. The summed E-state index contributed by atoms with van der Waals surface area (Å²) in [6.07, 6.45) is -10.0. The van der Waals surface area contributed by atoms with Crippen LogP contribution >= 0.6 is 15.9 Å². The van der Waals surface area contributed by atoms with E-state index in [9.17, 15) is 31.4 Å². The zero-order chi connectivity index (χ0) is 15.0. The summed E-state index contributed by atoms with van der Waals surface area (Å²) in [5.41, 5.74) is 3.90. The molecule has 0 unspecified atom stereocenters. The maximum atomic E-state index is 12.4. The average molecular weight is 354 g/mol. The Balaban J connectivity index is 3.24. The molecule has 0 saturated carbocycles. The summed E-state index contributed by atoms with van der Waals surface area (Å²) in [7, 11) is 0. The van der Waals surface area contributed by atoms with Gasteiger partial charge in [-0.05, 0) is 28.1 Å². The van der Waals surface area contributed by atoms with Crippen LogP contribution < -0.4 is 10.5 Å². The van der Waals surface area contributed by atoms with Gasteiger partial charge >= 0.3 is 12.5 Å². The van der Waals surface area contributed by atoms with Gasteiger partial charge in [0, 0.05) is 5.56 Å². The van der Waals surface area contributed by atoms with Crippen molar-refractivity contribution >= 4 is 15.9 Å². The second-order valence-electron chi connectivity index (χ2n) is 3.41. The molecule has 0 fully saturated rings. The van der Waals surface area contributed by atoms with E-state index in [2.05, 4.69) is 20.7 Å². The van der Waals surface area contributed by atoms with Crippen molar-refractivity contribution in [2.24, 2.45) is 5.73 Å². The Bertz CT molecular complexity index is 473. The first-order valence-corrected chi connectivity index (χ1v) is 5.31. The SMILES string of the molecule is N[C@@H](c1cc(OC(F)(F)F)c(Br)cc1O)C(F)(F)F. The van der Waals surface area contributed by atoms with Gasteiger partial charge in [0.1, 0.15) is 17.5 Å². The highest BCUT2D eigenvalue weighted by Gasteiger charge is 2.40. The molecule has 0 aliphatic heterocycles. The van der Waals surface area contributed by atoms with Crippen LogP contribution in [0.3, 0.4) is 0 Å². The number of hydrogen-bond acceptors (Lipinski definition) is 3. The summed E-state index contributed by atoms with van der Waals surface area (Å²) < 4.78 is 76.4. The molecular formula is C9H6BrF6NO2. The van der Waals surface area contributed by atoms with E-state index in [-0.39, 0.29) is 4.47 Å². The molecule has 1 aromatic rings. The van der Waals surface area contributed by atoms with Gasteiger partial charge in [-0.1, -0.05) is 0 Å². The molecule has 19 heavy (non-hydrogen) atoms. The van der Waals surface area contributed by atoms with E-state index in [1.165, 1.54) is 0 Å². The van der Waals surface area contributed by atoms with Gasteiger partial charge in [-0.2, -0.15) is 13.2 Å². The van der Waals surface area contributed by atoms with Crippen LogP contribution in [0.25, 0.3) is 0 Å². The van der Waals surface area contributed by atoms with Gasteiger partial charge in [0.15, 0.2) is 0 Å². The number of nitrogens with two attached hydrogens (primary N) is 1. The Morgan fingerprint density at radius 3 is 2.11 bits per heavy atom. The molecule has 0 aliphatic rings. The second kappa shape index (κ2) is 5.08. The molecule has 1 aromatic carbocycles. The van der Waals surface area contributed by atoms with Gasteiger partial charge in [-0.25, -0.2) is 0 Å². The number of halogens is 7. The predicted molar refractivity (Wildman–Crippen MR) is 55.5 cm³/mol. The lowest BCUT2D eigenvalue weighted by molar-refractivity contribution is -0.274. The molecule has 0 aliphatic carbocycles. The van der Waals surface area contributed by atoms with Crippen molar-refractivity contribution in [3.8, 4) is 11.5 Å². The Morgan fingerprint density at radius 1 is 1.16 bits per heavy atom. The maximum Gasteiger partial charge on any atom is 0.573 e. The van der Waals surface area contributed by atoms with Gasteiger partial charge < -0.3 is 15.6 Å². The lowest BCUT2D eigenvalue weighted by atomic mass is 10.1. The number of alkyl halides is 6. The van der Waals surface area contributed by atoms with E-state index in [0.717, 1.165) is 0 Å². The quantitative estimate of drug-likeness (QED) is 0.798. The largest absolute Gasteiger partial charge is 0.573 e. The van der Waals surface area contributed by atoms with E-state index in [4.69, 9.17) is 5.73 Å². The first kappa shape index (κ1) is 15.9. The normalized spacial score (nSPS) is 14.3. The molecule has 0 radical (unpaired) electrons. The van der Waals surface area contributed by atoms with Gasteiger partial charge in [0.2, 0.25) is 0 Å². The minimum atomic E-state index is -5.08. The topological polar surface area (TPSA) is 55.5 Å². The van der Waals surface area contributed by atoms with Crippen molar-refractivity contribution in [2.45, 2.75) is 18.6 Å². The van der Waals surface area contributed by atoms with Crippen molar-refractivity contribution in [3.63, 3.8) is 0 Å². The molecule has 1 atom stereocenters. The molecule has 0 amide bonds. The molecule has 108 valence electrons. The van der Waals surface area contributed by atoms with Crippen LogP contribution in [0.15, 0.2) is 16.6 Å². The van der Waals surface area contributed by atoms with Crippen LogP contribution in [-0.2, 0) is 0 Å². The fourth-order valence-corrected chi connectivity index (χ4v) is 1.60. The highest BCUT2D eigenvalue weighted by Crippen LogP contribution is 2.41.